The van der Waals surface area contributed by atoms with E-state index in [4.69, 9.17) is 4.74 Å². The van der Waals surface area contributed by atoms with Crippen LogP contribution < -0.4 is 10.6 Å². The van der Waals surface area contributed by atoms with E-state index in [1.54, 1.807) is 7.11 Å². The van der Waals surface area contributed by atoms with Gasteiger partial charge in [-0.25, -0.2) is 4.39 Å². The number of amides is 3. The van der Waals surface area contributed by atoms with E-state index in [1.165, 1.54) is 23.1 Å². The standard InChI is InChI=1S/C24H24FN3O4/c1-32-11-5-10-28-21(29)19-18(12-14-6-3-2-4-7-14)27-24(20(19)22(28)30)16-13-15(25)8-9-17(16)26-23(24)31/h2-4,6-9,13,18-20,27H,5,10-12H2,1H3,(H,26,31)/t18-,19+,20-,24+/m0/s1. The Hall–Kier alpha value is -3.10. The average molecular weight is 437 g/mol. The largest absolute Gasteiger partial charge is 0.385 e. The number of carbonyl (C=O) groups excluding carboxylic acids is 3. The second kappa shape index (κ2) is 7.79. The van der Waals surface area contributed by atoms with E-state index in [1.807, 2.05) is 30.3 Å². The first-order valence-electron chi connectivity index (χ1n) is 10.7. The summed E-state index contributed by atoms with van der Waals surface area (Å²) in [5.74, 6) is -3.27. The molecule has 3 aliphatic rings. The number of imide groups is 1. The Morgan fingerprint density at radius 3 is 2.62 bits per heavy atom. The molecular formula is C24H24FN3O4. The Bertz CT molecular complexity index is 1090. The highest BCUT2D eigenvalue weighted by molar-refractivity contribution is 6.15. The summed E-state index contributed by atoms with van der Waals surface area (Å²) in [6.07, 6.45) is 0.973. The SMILES string of the molecule is COCCCN1C(=O)[C@@H]2[C@H](Cc3ccccc3)N[C@@]3(C(=O)Nc4ccc(F)cc43)[C@@H]2C1=O. The van der Waals surface area contributed by atoms with E-state index < -0.39 is 41.0 Å². The number of benzene rings is 2. The number of ether oxygens (including phenoxy) is 1. The summed E-state index contributed by atoms with van der Waals surface area (Å²) in [4.78, 5) is 41.6. The van der Waals surface area contributed by atoms with Gasteiger partial charge in [0.25, 0.3) is 0 Å². The quantitative estimate of drug-likeness (QED) is 0.532. The van der Waals surface area contributed by atoms with Gasteiger partial charge < -0.3 is 10.1 Å². The normalized spacial score (nSPS) is 28.4. The average Bonchev–Trinajstić information content (AvgIpc) is 3.35. The molecule has 3 heterocycles. The highest BCUT2D eigenvalue weighted by atomic mass is 19.1. The van der Waals surface area contributed by atoms with Crippen LogP contribution in [-0.2, 0) is 31.1 Å². The number of fused-ring (bicyclic) bond motifs is 4. The fourth-order valence-corrected chi connectivity index (χ4v) is 5.46. The van der Waals surface area contributed by atoms with Crippen LogP contribution in [0, 0.1) is 17.7 Å². The minimum absolute atomic E-state index is 0.226. The first-order chi connectivity index (χ1) is 15.5. The number of anilines is 1. The molecule has 0 unspecified atom stereocenters. The maximum Gasteiger partial charge on any atom is 0.250 e. The molecule has 5 rings (SSSR count). The van der Waals surface area contributed by atoms with Crippen molar-refractivity contribution in [1.82, 2.24) is 10.2 Å². The molecule has 2 aromatic rings. The number of nitrogens with zero attached hydrogens (tertiary/aromatic N) is 1. The maximum atomic E-state index is 14.2. The monoisotopic (exact) mass is 437 g/mol. The zero-order valence-electron chi connectivity index (χ0n) is 17.6. The fourth-order valence-electron chi connectivity index (χ4n) is 5.46. The van der Waals surface area contributed by atoms with Gasteiger partial charge in [0.15, 0.2) is 0 Å². The van der Waals surface area contributed by atoms with Crippen molar-refractivity contribution in [2.75, 3.05) is 25.6 Å². The molecule has 2 saturated heterocycles. The van der Waals surface area contributed by atoms with Gasteiger partial charge in [-0.2, -0.15) is 0 Å². The minimum Gasteiger partial charge on any atom is -0.385 e. The molecule has 4 atom stereocenters. The van der Waals surface area contributed by atoms with Gasteiger partial charge >= 0.3 is 0 Å². The number of rotatable bonds is 6. The van der Waals surface area contributed by atoms with Crippen LogP contribution in [0.3, 0.4) is 0 Å². The summed E-state index contributed by atoms with van der Waals surface area (Å²) in [6, 6.07) is 13.2. The second-order valence-corrected chi connectivity index (χ2v) is 8.57. The van der Waals surface area contributed by atoms with E-state index in [0.717, 1.165) is 5.56 Å². The molecule has 32 heavy (non-hydrogen) atoms. The molecule has 0 bridgehead atoms. The van der Waals surface area contributed by atoms with Crippen LogP contribution in [0.15, 0.2) is 48.5 Å². The zero-order valence-corrected chi connectivity index (χ0v) is 17.6. The highest BCUT2D eigenvalue weighted by Crippen LogP contribution is 2.53. The molecule has 8 heteroatoms. The van der Waals surface area contributed by atoms with Crippen molar-refractivity contribution in [3.63, 3.8) is 0 Å². The van der Waals surface area contributed by atoms with E-state index >= 15 is 0 Å². The fraction of sp³-hybridized carbons (Fsp3) is 0.375. The summed E-state index contributed by atoms with van der Waals surface area (Å²) >= 11 is 0. The molecule has 7 nitrogen and oxygen atoms in total. The van der Waals surface area contributed by atoms with Gasteiger partial charge in [-0.1, -0.05) is 30.3 Å². The third-order valence-electron chi connectivity index (χ3n) is 6.80. The smallest absolute Gasteiger partial charge is 0.250 e. The number of nitrogens with one attached hydrogen (secondary N) is 2. The number of halogens is 1. The van der Waals surface area contributed by atoms with Crippen molar-refractivity contribution < 1.29 is 23.5 Å². The zero-order chi connectivity index (χ0) is 22.5. The molecule has 1 spiro atoms. The lowest BCUT2D eigenvalue weighted by Crippen LogP contribution is -2.53. The van der Waals surface area contributed by atoms with Crippen molar-refractivity contribution in [2.24, 2.45) is 11.8 Å². The number of likely N-dealkylation sites (tertiary alicyclic amines) is 1. The molecule has 0 aliphatic carbocycles. The lowest BCUT2D eigenvalue weighted by molar-refractivity contribution is -0.143. The van der Waals surface area contributed by atoms with Crippen molar-refractivity contribution in [2.45, 2.75) is 24.4 Å². The molecule has 166 valence electrons. The molecule has 0 radical (unpaired) electrons. The molecule has 3 aliphatic heterocycles. The summed E-state index contributed by atoms with van der Waals surface area (Å²) in [6.45, 7) is 0.641. The molecular weight excluding hydrogens is 413 g/mol. The number of methoxy groups -OCH3 is 1. The van der Waals surface area contributed by atoms with E-state index in [9.17, 15) is 18.8 Å². The van der Waals surface area contributed by atoms with E-state index in [2.05, 4.69) is 10.6 Å². The molecule has 2 aromatic carbocycles. The van der Waals surface area contributed by atoms with Crippen molar-refractivity contribution in [3.8, 4) is 0 Å². The number of hydrogen-bond donors (Lipinski definition) is 2. The van der Waals surface area contributed by atoms with E-state index in [-0.39, 0.29) is 12.5 Å². The van der Waals surface area contributed by atoms with Crippen LogP contribution in [0.1, 0.15) is 17.5 Å². The lowest BCUT2D eigenvalue weighted by Gasteiger charge is -2.29. The Morgan fingerprint density at radius 2 is 1.88 bits per heavy atom. The summed E-state index contributed by atoms with van der Waals surface area (Å²) in [5, 5.41) is 6.11. The Kier molecular flexibility index (Phi) is 5.06. The maximum absolute atomic E-state index is 14.2. The highest BCUT2D eigenvalue weighted by Gasteiger charge is 2.70. The minimum atomic E-state index is -1.48. The first kappa shape index (κ1) is 20.8. The van der Waals surface area contributed by atoms with Gasteiger partial charge in [0.2, 0.25) is 17.7 Å². The van der Waals surface area contributed by atoms with Crippen LogP contribution in [0.5, 0.6) is 0 Å². The molecule has 2 N–H and O–H groups in total. The van der Waals surface area contributed by atoms with Crippen LogP contribution in [0.4, 0.5) is 10.1 Å². The predicted octanol–water partition coefficient (Wildman–Crippen LogP) is 1.83. The van der Waals surface area contributed by atoms with E-state index in [0.29, 0.717) is 30.7 Å². The van der Waals surface area contributed by atoms with Gasteiger partial charge in [-0.15, -0.1) is 0 Å². The summed E-state index contributed by atoms with van der Waals surface area (Å²) < 4.78 is 19.3. The Labute approximate surface area is 184 Å². The summed E-state index contributed by atoms with van der Waals surface area (Å²) in [5.41, 5.74) is 0.343. The predicted molar refractivity (Wildman–Crippen MR) is 114 cm³/mol. The second-order valence-electron chi connectivity index (χ2n) is 8.57. The van der Waals surface area contributed by atoms with Crippen LogP contribution in [0.2, 0.25) is 0 Å². The molecule has 0 saturated carbocycles. The third-order valence-corrected chi connectivity index (χ3v) is 6.80. The van der Waals surface area contributed by atoms with Gasteiger partial charge in [-0.05, 0) is 36.6 Å². The van der Waals surface area contributed by atoms with Crippen molar-refractivity contribution in [3.05, 3.63) is 65.5 Å². The Balaban J connectivity index is 1.59. The Morgan fingerprint density at radius 1 is 1.09 bits per heavy atom. The van der Waals surface area contributed by atoms with Crippen molar-refractivity contribution >= 4 is 23.4 Å². The van der Waals surface area contributed by atoms with Crippen LogP contribution in [0.25, 0.3) is 0 Å². The van der Waals surface area contributed by atoms with Gasteiger partial charge in [0, 0.05) is 37.6 Å². The van der Waals surface area contributed by atoms with Gasteiger partial charge in [-0.3, -0.25) is 24.6 Å². The van der Waals surface area contributed by atoms with Gasteiger partial charge in [0.05, 0.1) is 11.8 Å². The summed E-state index contributed by atoms with van der Waals surface area (Å²) in [7, 11) is 1.56. The van der Waals surface area contributed by atoms with Crippen LogP contribution >= 0.6 is 0 Å². The molecule has 2 fully saturated rings. The van der Waals surface area contributed by atoms with Gasteiger partial charge in [0.1, 0.15) is 11.4 Å². The molecule has 0 aromatic heterocycles. The third kappa shape index (κ3) is 2.97. The molecule has 3 amide bonds. The number of carbonyl (C=O) groups is 3. The number of hydrogen-bond acceptors (Lipinski definition) is 5. The first-order valence-corrected chi connectivity index (χ1v) is 10.7. The van der Waals surface area contributed by atoms with Crippen molar-refractivity contribution in [1.29, 1.82) is 0 Å². The topological polar surface area (TPSA) is 87.7 Å². The lowest BCUT2D eigenvalue weighted by atomic mass is 9.76. The van der Waals surface area contributed by atoms with Crippen LogP contribution in [-0.4, -0.2) is 48.9 Å².